The van der Waals surface area contributed by atoms with E-state index in [0.717, 1.165) is 6.26 Å². The van der Waals surface area contributed by atoms with Crippen molar-refractivity contribution in [1.82, 2.24) is 0 Å². The predicted molar refractivity (Wildman–Crippen MR) is 49.6 cm³/mol. The van der Waals surface area contributed by atoms with Crippen molar-refractivity contribution in [2.75, 3.05) is 6.26 Å². The Balaban J connectivity index is 2.78. The van der Waals surface area contributed by atoms with Gasteiger partial charge in [-0.2, -0.15) is 0 Å². The van der Waals surface area contributed by atoms with Crippen LogP contribution in [-0.4, -0.2) is 19.9 Å². The van der Waals surface area contributed by atoms with Crippen LogP contribution in [0.4, 0.5) is 0 Å². The molecular weight excluding hydrogens is 190 g/mol. The van der Waals surface area contributed by atoms with Gasteiger partial charge in [-0.3, -0.25) is 5.41 Å². The van der Waals surface area contributed by atoms with E-state index in [2.05, 4.69) is 0 Å². The minimum absolute atomic E-state index is 0.345. The molecular formula is C8H9NO3S. The average Bonchev–Trinajstić information content (AvgIpc) is 2.04. The summed E-state index contributed by atoms with van der Waals surface area (Å²) in [4.78, 5) is 0. The number of rotatable bonds is 1. The van der Waals surface area contributed by atoms with Crippen LogP contribution in [0.1, 0.15) is 0 Å². The van der Waals surface area contributed by atoms with Crippen LogP contribution in [0.2, 0.25) is 0 Å². The molecule has 13 heavy (non-hydrogen) atoms. The van der Waals surface area contributed by atoms with Crippen molar-refractivity contribution >= 4 is 15.1 Å². The quantitative estimate of drug-likeness (QED) is 0.543. The van der Waals surface area contributed by atoms with E-state index in [-0.39, 0.29) is 0 Å². The maximum Gasteiger partial charge on any atom is 0.307 e. The highest BCUT2D eigenvalue weighted by Crippen LogP contribution is 2.09. The number of sulfone groups is 1. The first-order valence-electron chi connectivity index (χ1n) is 3.51. The fourth-order valence-electron chi connectivity index (χ4n) is 0.671. The summed E-state index contributed by atoms with van der Waals surface area (Å²) in [5, 5.41) is 6.33. The highest BCUT2D eigenvalue weighted by atomic mass is 32.2. The zero-order valence-electron chi connectivity index (χ0n) is 7.02. The van der Waals surface area contributed by atoms with E-state index in [0.29, 0.717) is 5.75 Å². The molecule has 0 bridgehead atoms. The van der Waals surface area contributed by atoms with E-state index in [1.54, 1.807) is 30.3 Å². The molecule has 1 N–H and O–H groups in total. The Morgan fingerprint density at radius 1 is 1.31 bits per heavy atom. The number of benzene rings is 1. The second kappa shape index (κ2) is 3.57. The van der Waals surface area contributed by atoms with Crippen molar-refractivity contribution in [3.63, 3.8) is 0 Å². The number of hydrogen-bond acceptors (Lipinski definition) is 4. The van der Waals surface area contributed by atoms with Gasteiger partial charge in [0.1, 0.15) is 5.75 Å². The zero-order valence-corrected chi connectivity index (χ0v) is 7.84. The first-order chi connectivity index (χ1) is 6.00. The smallest absolute Gasteiger partial charge is 0.307 e. The monoisotopic (exact) mass is 199 g/mol. The number of hydrogen-bond donors (Lipinski definition) is 1. The van der Waals surface area contributed by atoms with E-state index in [1.807, 2.05) is 0 Å². The molecule has 1 aromatic carbocycles. The molecule has 0 unspecified atom stereocenters. The highest BCUT2D eigenvalue weighted by Gasteiger charge is 2.12. The fraction of sp³-hybridized carbons (Fsp3) is 0.125. The van der Waals surface area contributed by atoms with Crippen molar-refractivity contribution in [1.29, 1.82) is 5.41 Å². The van der Waals surface area contributed by atoms with Gasteiger partial charge in [0.15, 0.2) is 0 Å². The minimum atomic E-state index is -3.54. The second-order valence-corrected chi connectivity index (χ2v) is 4.39. The molecule has 0 spiro atoms. The summed E-state index contributed by atoms with van der Waals surface area (Å²) in [6, 6.07) is 8.34. The van der Waals surface area contributed by atoms with Gasteiger partial charge >= 0.3 is 5.23 Å². The number of ether oxygens (including phenoxy) is 1. The number of nitrogens with one attached hydrogen (secondary N) is 1. The van der Waals surface area contributed by atoms with Gasteiger partial charge in [-0.1, -0.05) is 18.2 Å². The van der Waals surface area contributed by atoms with Crippen LogP contribution in [0.15, 0.2) is 30.3 Å². The van der Waals surface area contributed by atoms with Crippen molar-refractivity contribution in [2.45, 2.75) is 0 Å². The SMILES string of the molecule is CS(=O)(=O)C(=N)Oc1ccccc1. The molecule has 0 heterocycles. The lowest BCUT2D eigenvalue weighted by atomic mass is 10.3. The molecule has 0 saturated carbocycles. The molecule has 1 aromatic rings. The van der Waals surface area contributed by atoms with Gasteiger partial charge in [-0.25, -0.2) is 8.42 Å². The molecule has 0 amide bonds. The van der Waals surface area contributed by atoms with Gasteiger partial charge in [0.25, 0.3) is 0 Å². The standard InChI is InChI=1S/C8H9NO3S/c1-13(10,11)8(9)12-7-5-3-2-4-6-7/h2-6,9H,1H3. The lowest BCUT2D eigenvalue weighted by Gasteiger charge is -2.03. The lowest BCUT2D eigenvalue weighted by Crippen LogP contribution is -2.18. The van der Waals surface area contributed by atoms with Crippen LogP contribution in [0, 0.1) is 5.41 Å². The molecule has 0 aliphatic carbocycles. The van der Waals surface area contributed by atoms with Crippen LogP contribution in [-0.2, 0) is 9.84 Å². The summed E-state index contributed by atoms with van der Waals surface area (Å²) in [5.41, 5.74) is 0. The molecule has 0 aliphatic rings. The fourth-order valence-corrected chi connectivity index (χ4v) is 0.919. The van der Waals surface area contributed by atoms with Crippen molar-refractivity contribution in [3.8, 4) is 5.75 Å². The summed E-state index contributed by atoms with van der Waals surface area (Å²) < 4.78 is 26.3. The second-order valence-electron chi connectivity index (χ2n) is 2.47. The predicted octanol–water partition coefficient (Wildman–Crippen LogP) is 1.04. The van der Waals surface area contributed by atoms with Crippen LogP contribution in [0.5, 0.6) is 5.75 Å². The van der Waals surface area contributed by atoms with Crippen LogP contribution in [0.3, 0.4) is 0 Å². The van der Waals surface area contributed by atoms with Gasteiger partial charge in [0, 0.05) is 6.26 Å². The zero-order chi connectivity index (χ0) is 9.90. The molecule has 0 radical (unpaired) electrons. The molecule has 5 heteroatoms. The maximum atomic E-state index is 10.8. The third-order valence-corrected chi connectivity index (χ3v) is 2.05. The Labute approximate surface area is 76.6 Å². The van der Waals surface area contributed by atoms with E-state index in [4.69, 9.17) is 10.1 Å². The number of para-hydroxylation sites is 1. The molecule has 70 valence electrons. The summed E-state index contributed by atoms with van der Waals surface area (Å²) in [6.45, 7) is 0. The van der Waals surface area contributed by atoms with E-state index in [9.17, 15) is 8.42 Å². The molecule has 0 aliphatic heterocycles. The molecule has 0 saturated heterocycles. The normalized spacial score (nSPS) is 10.8. The van der Waals surface area contributed by atoms with Crippen LogP contribution < -0.4 is 4.74 Å². The first-order valence-corrected chi connectivity index (χ1v) is 5.41. The summed E-state index contributed by atoms with van der Waals surface area (Å²) >= 11 is 0. The van der Waals surface area contributed by atoms with Gasteiger partial charge in [-0.05, 0) is 12.1 Å². The van der Waals surface area contributed by atoms with Crippen LogP contribution >= 0.6 is 0 Å². The van der Waals surface area contributed by atoms with Gasteiger partial charge in [-0.15, -0.1) is 0 Å². The lowest BCUT2D eigenvalue weighted by molar-refractivity contribution is 0.543. The largest absolute Gasteiger partial charge is 0.431 e. The average molecular weight is 199 g/mol. The molecule has 4 nitrogen and oxygen atoms in total. The van der Waals surface area contributed by atoms with E-state index < -0.39 is 15.1 Å². The summed E-state index contributed by atoms with van der Waals surface area (Å²) in [7, 11) is -3.54. The Bertz CT molecular complexity index is 397. The molecule has 0 atom stereocenters. The van der Waals surface area contributed by atoms with Gasteiger partial charge in [0.05, 0.1) is 0 Å². The van der Waals surface area contributed by atoms with Crippen molar-refractivity contribution in [2.24, 2.45) is 0 Å². The maximum absolute atomic E-state index is 10.8. The summed E-state index contributed by atoms with van der Waals surface area (Å²) in [6.07, 6.45) is 0.929. The van der Waals surface area contributed by atoms with Gasteiger partial charge < -0.3 is 4.74 Å². The Morgan fingerprint density at radius 2 is 1.85 bits per heavy atom. The molecule has 0 aromatic heterocycles. The van der Waals surface area contributed by atoms with Crippen LogP contribution in [0.25, 0.3) is 0 Å². The Hall–Kier alpha value is -1.36. The Kier molecular flexibility index (Phi) is 2.67. The van der Waals surface area contributed by atoms with Crippen molar-refractivity contribution in [3.05, 3.63) is 30.3 Å². The molecule has 0 fully saturated rings. The summed E-state index contributed by atoms with van der Waals surface area (Å²) in [5.74, 6) is 0.345. The third kappa shape index (κ3) is 2.87. The highest BCUT2D eigenvalue weighted by molar-refractivity contribution is 8.05. The first kappa shape index (κ1) is 9.73. The minimum Gasteiger partial charge on any atom is -0.431 e. The third-order valence-electron chi connectivity index (χ3n) is 1.29. The Morgan fingerprint density at radius 3 is 2.31 bits per heavy atom. The van der Waals surface area contributed by atoms with E-state index >= 15 is 0 Å². The van der Waals surface area contributed by atoms with Crippen molar-refractivity contribution < 1.29 is 13.2 Å². The van der Waals surface area contributed by atoms with Gasteiger partial charge in [0.2, 0.25) is 9.84 Å². The molecule has 1 rings (SSSR count). The topological polar surface area (TPSA) is 67.2 Å². The van der Waals surface area contributed by atoms with E-state index in [1.165, 1.54) is 0 Å².